The molecule has 5 N–H and O–H groups in total. The van der Waals surface area contributed by atoms with Gasteiger partial charge in [0.15, 0.2) is 0 Å². The zero-order valence-corrected chi connectivity index (χ0v) is 36.9. The second-order valence-electron chi connectivity index (χ2n) is 17.4. The Morgan fingerprint density at radius 1 is 0.460 bits per heavy atom. The Kier molecular flexibility index (Phi) is 16.1. The molecule has 3 aliphatic rings. The lowest BCUT2D eigenvalue weighted by Gasteiger charge is -2.33. The summed E-state index contributed by atoms with van der Waals surface area (Å²) in [6.45, 7) is 8.07. The number of hydrogen-bond donors (Lipinski definition) is 5. The maximum absolute atomic E-state index is 14.6. The van der Waals surface area contributed by atoms with Crippen molar-refractivity contribution in [3.8, 4) is 0 Å². The minimum Gasteiger partial charge on any atom is -0.342 e. The van der Waals surface area contributed by atoms with E-state index in [2.05, 4.69) is 26.6 Å². The van der Waals surface area contributed by atoms with E-state index in [1.165, 1.54) is 9.80 Å². The molecule has 3 saturated heterocycles. The van der Waals surface area contributed by atoms with Gasteiger partial charge < -0.3 is 36.4 Å². The molecule has 0 aliphatic carbocycles. The van der Waals surface area contributed by atoms with Crippen LogP contribution in [-0.4, -0.2) is 107 Å². The third-order valence-electron chi connectivity index (χ3n) is 13.0. The Morgan fingerprint density at radius 3 is 1.08 bits per heavy atom. The quantitative estimate of drug-likeness (QED) is 0.207. The fraction of sp³-hybridized carbons (Fsp3) is 0.490. The molecule has 3 heterocycles. The highest BCUT2D eigenvalue weighted by Gasteiger charge is 2.44. The Balaban J connectivity index is 1.42. The van der Waals surface area contributed by atoms with Crippen LogP contribution in [0.1, 0.15) is 82.9 Å². The van der Waals surface area contributed by atoms with Crippen LogP contribution in [0.5, 0.6) is 0 Å². The highest BCUT2D eigenvalue weighted by molar-refractivity contribution is 5.99. The molecule has 0 bridgehead atoms. The standard InChI is InChI=1S/C49H63N7O7/c1-5-31(3)41-48(62)56-27-17-25-40(56)47(61)52-38(30-35-22-14-9-15-23-35)45(59)54-42(32(4)6-2)49(63)55-26-16-24-39(55)46(60)51-36(28-33-18-10-7-11-19-33)43(57)50-37(44(58)53-41)29-34-20-12-8-13-21-34/h7-15,18-23,31-32,36-42H,5-6,16-17,24-30H2,1-4H3,(H,50,57)(H,51,60)(H,52,61)(H,53,58)(H,54,59)/t31-,32-,36-,37-,38-,39-,40-,41-,42-/m0/s1. The van der Waals surface area contributed by atoms with Crippen molar-refractivity contribution in [1.29, 1.82) is 0 Å². The number of amides is 7. The maximum Gasteiger partial charge on any atom is 0.246 e. The summed E-state index contributed by atoms with van der Waals surface area (Å²) in [6.07, 6.45) is 3.11. The first-order chi connectivity index (χ1) is 30.4. The molecular formula is C49H63N7O7. The molecule has 0 unspecified atom stereocenters. The summed E-state index contributed by atoms with van der Waals surface area (Å²) in [5.41, 5.74) is 2.31. The van der Waals surface area contributed by atoms with E-state index in [9.17, 15) is 33.6 Å². The number of benzene rings is 3. The summed E-state index contributed by atoms with van der Waals surface area (Å²) in [6, 6.07) is 20.3. The van der Waals surface area contributed by atoms with E-state index in [0.29, 0.717) is 38.5 Å². The van der Waals surface area contributed by atoms with Crippen LogP contribution in [0.4, 0.5) is 0 Å². The van der Waals surface area contributed by atoms with E-state index in [-0.39, 0.29) is 44.2 Å². The molecule has 0 radical (unpaired) electrons. The fourth-order valence-corrected chi connectivity index (χ4v) is 8.82. The van der Waals surface area contributed by atoms with Crippen LogP contribution < -0.4 is 26.6 Å². The molecule has 9 atom stereocenters. The van der Waals surface area contributed by atoms with Gasteiger partial charge >= 0.3 is 0 Å². The lowest BCUT2D eigenvalue weighted by molar-refractivity contribution is -0.144. The van der Waals surface area contributed by atoms with E-state index >= 15 is 0 Å². The Hall–Kier alpha value is -6.05. The van der Waals surface area contributed by atoms with E-state index in [4.69, 9.17) is 0 Å². The fourth-order valence-electron chi connectivity index (χ4n) is 8.82. The minimum absolute atomic E-state index is 0.0896. The number of carbonyl (C=O) groups is 7. The second-order valence-corrected chi connectivity index (χ2v) is 17.4. The minimum atomic E-state index is -1.15. The predicted molar refractivity (Wildman–Crippen MR) is 238 cm³/mol. The molecule has 0 saturated carbocycles. The highest BCUT2D eigenvalue weighted by Crippen LogP contribution is 2.25. The van der Waals surface area contributed by atoms with Crippen LogP contribution in [0.25, 0.3) is 0 Å². The van der Waals surface area contributed by atoms with Crippen molar-refractivity contribution < 1.29 is 33.6 Å². The molecule has 3 aliphatic heterocycles. The largest absolute Gasteiger partial charge is 0.342 e. The molecule has 0 aromatic heterocycles. The normalized spacial score (nSPS) is 26.5. The van der Waals surface area contributed by atoms with Crippen LogP contribution in [0, 0.1) is 11.8 Å². The third kappa shape index (κ3) is 11.7. The van der Waals surface area contributed by atoms with Crippen molar-refractivity contribution in [2.75, 3.05) is 13.1 Å². The molecule has 14 nitrogen and oxygen atoms in total. The van der Waals surface area contributed by atoms with Crippen LogP contribution >= 0.6 is 0 Å². The summed E-state index contributed by atoms with van der Waals surface area (Å²) < 4.78 is 0. The molecule has 63 heavy (non-hydrogen) atoms. The smallest absolute Gasteiger partial charge is 0.246 e. The monoisotopic (exact) mass is 861 g/mol. The SMILES string of the molecule is CC[C@H](C)[C@@H]1NC(=O)[C@H](Cc2ccccc2)NC(=O)[C@@H]2CCCN2C(=O)[C@H]([C@@H](C)CC)NC(=O)[C@H](Cc2ccccc2)NC(=O)[C@H](Cc2ccccc2)NC(=O)[C@@H]2CCCN2C1=O. The number of rotatable bonds is 10. The maximum atomic E-state index is 14.6. The summed E-state index contributed by atoms with van der Waals surface area (Å²) in [5, 5.41) is 14.8. The van der Waals surface area contributed by atoms with E-state index < -0.39 is 83.6 Å². The van der Waals surface area contributed by atoms with E-state index in [0.717, 1.165) is 16.7 Å². The summed E-state index contributed by atoms with van der Waals surface area (Å²) in [4.78, 5) is 104. The lowest BCUT2D eigenvalue weighted by Crippen LogP contribution is -2.61. The zero-order chi connectivity index (χ0) is 45.0. The van der Waals surface area contributed by atoms with Gasteiger partial charge in [-0.05, 0) is 54.2 Å². The van der Waals surface area contributed by atoms with Gasteiger partial charge in [-0.1, -0.05) is 132 Å². The Labute approximate surface area is 370 Å². The first-order valence-electron chi connectivity index (χ1n) is 22.6. The van der Waals surface area contributed by atoms with Gasteiger partial charge in [0.1, 0.15) is 42.3 Å². The van der Waals surface area contributed by atoms with Gasteiger partial charge in [0, 0.05) is 32.4 Å². The zero-order valence-electron chi connectivity index (χ0n) is 36.9. The van der Waals surface area contributed by atoms with Crippen molar-refractivity contribution >= 4 is 41.4 Å². The molecule has 336 valence electrons. The number of hydrogen-bond acceptors (Lipinski definition) is 7. The highest BCUT2D eigenvalue weighted by atomic mass is 16.2. The van der Waals surface area contributed by atoms with Gasteiger partial charge in [0.25, 0.3) is 0 Å². The molecule has 14 heteroatoms. The van der Waals surface area contributed by atoms with Crippen LogP contribution in [0.2, 0.25) is 0 Å². The summed E-state index contributed by atoms with van der Waals surface area (Å²) in [5.74, 6) is -4.38. The van der Waals surface area contributed by atoms with Crippen molar-refractivity contribution in [3.63, 3.8) is 0 Å². The Morgan fingerprint density at radius 2 is 0.762 bits per heavy atom. The summed E-state index contributed by atoms with van der Waals surface area (Å²) in [7, 11) is 0. The first-order valence-corrected chi connectivity index (χ1v) is 22.6. The topological polar surface area (TPSA) is 186 Å². The van der Waals surface area contributed by atoms with Crippen LogP contribution in [0.3, 0.4) is 0 Å². The van der Waals surface area contributed by atoms with Gasteiger partial charge in [-0.25, -0.2) is 0 Å². The number of nitrogens with one attached hydrogen (secondary N) is 5. The van der Waals surface area contributed by atoms with Gasteiger partial charge in [0.05, 0.1) is 0 Å². The predicted octanol–water partition coefficient (Wildman–Crippen LogP) is 3.23. The molecule has 6 rings (SSSR count). The van der Waals surface area contributed by atoms with Gasteiger partial charge in [0.2, 0.25) is 41.4 Å². The average Bonchev–Trinajstić information content (AvgIpc) is 4.01. The summed E-state index contributed by atoms with van der Waals surface area (Å²) >= 11 is 0. The van der Waals surface area contributed by atoms with Crippen LogP contribution in [0.15, 0.2) is 91.0 Å². The van der Waals surface area contributed by atoms with E-state index in [1.54, 1.807) is 0 Å². The molecule has 3 aromatic carbocycles. The second kappa shape index (κ2) is 21.8. The molecular weight excluding hydrogens is 799 g/mol. The van der Waals surface area contributed by atoms with Gasteiger partial charge in [-0.3, -0.25) is 33.6 Å². The Bertz CT molecular complexity index is 2070. The molecule has 3 fully saturated rings. The lowest BCUT2D eigenvalue weighted by atomic mass is 9.96. The molecule has 7 amide bonds. The average molecular weight is 862 g/mol. The number of fused-ring (bicyclic) bond motifs is 2. The first kappa shape index (κ1) is 46.5. The van der Waals surface area contributed by atoms with E-state index in [1.807, 2.05) is 119 Å². The van der Waals surface area contributed by atoms with Crippen LogP contribution in [-0.2, 0) is 52.8 Å². The van der Waals surface area contributed by atoms with Gasteiger partial charge in [-0.2, -0.15) is 0 Å². The van der Waals surface area contributed by atoms with Gasteiger partial charge in [-0.15, -0.1) is 0 Å². The van der Waals surface area contributed by atoms with Crippen molar-refractivity contribution in [3.05, 3.63) is 108 Å². The van der Waals surface area contributed by atoms with Crippen molar-refractivity contribution in [2.24, 2.45) is 11.8 Å². The number of nitrogens with zero attached hydrogens (tertiary/aromatic N) is 2. The number of carbonyl (C=O) groups excluding carboxylic acids is 7. The van der Waals surface area contributed by atoms with Crippen molar-refractivity contribution in [2.45, 2.75) is 128 Å². The molecule has 3 aromatic rings. The third-order valence-corrected chi connectivity index (χ3v) is 13.0. The molecule has 0 spiro atoms. The van der Waals surface area contributed by atoms with Crippen molar-refractivity contribution in [1.82, 2.24) is 36.4 Å².